The summed E-state index contributed by atoms with van der Waals surface area (Å²) >= 11 is 0. The van der Waals surface area contributed by atoms with Gasteiger partial charge in [0.15, 0.2) is 0 Å². The van der Waals surface area contributed by atoms with Crippen LogP contribution in [-0.4, -0.2) is 6.54 Å². The minimum Gasteiger partial charge on any atom is -0.391 e. The Bertz CT molecular complexity index is 410. The molecule has 1 rings (SSSR count). The molecule has 106 valence electrons. The van der Waals surface area contributed by atoms with Gasteiger partial charge in [-0.15, -0.1) is 0 Å². The van der Waals surface area contributed by atoms with E-state index in [0.717, 1.165) is 24.1 Å². The van der Waals surface area contributed by atoms with Crippen molar-refractivity contribution < 1.29 is 4.39 Å². The lowest BCUT2D eigenvalue weighted by Gasteiger charge is -2.16. The Morgan fingerprint density at radius 3 is 2.63 bits per heavy atom. The maximum atomic E-state index is 13.7. The van der Waals surface area contributed by atoms with Gasteiger partial charge in [0, 0.05) is 12.1 Å². The molecule has 0 aliphatic rings. The van der Waals surface area contributed by atoms with Crippen molar-refractivity contribution in [2.75, 3.05) is 6.54 Å². The molecular formula is C17H26FN. The summed E-state index contributed by atoms with van der Waals surface area (Å²) in [5, 5.41) is 3.04. The van der Waals surface area contributed by atoms with Crippen LogP contribution in [0.1, 0.15) is 38.3 Å². The molecule has 0 aliphatic heterocycles. The molecule has 0 radical (unpaired) electrons. The van der Waals surface area contributed by atoms with E-state index < -0.39 is 0 Å². The maximum Gasteiger partial charge on any atom is 0.130 e. The molecule has 1 nitrogen and oxygen atoms in total. The van der Waals surface area contributed by atoms with E-state index >= 15 is 0 Å². The van der Waals surface area contributed by atoms with Crippen molar-refractivity contribution >= 4 is 5.57 Å². The molecule has 1 atom stereocenters. The van der Waals surface area contributed by atoms with Gasteiger partial charge in [-0.25, -0.2) is 4.39 Å². The molecule has 0 aromatic heterocycles. The van der Waals surface area contributed by atoms with Crippen LogP contribution < -0.4 is 5.32 Å². The van der Waals surface area contributed by atoms with Gasteiger partial charge in [0.05, 0.1) is 0 Å². The van der Waals surface area contributed by atoms with Crippen molar-refractivity contribution in [3.63, 3.8) is 0 Å². The number of halogens is 1. The summed E-state index contributed by atoms with van der Waals surface area (Å²) in [5.41, 5.74) is 2.55. The highest BCUT2D eigenvalue weighted by molar-refractivity contribution is 5.66. The van der Waals surface area contributed by atoms with Gasteiger partial charge in [-0.2, -0.15) is 0 Å². The van der Waals surface area contributed by atoms with Gasteiger partial charge in [-0.05, 0) is 43.2 Å². The molecule has 0 bridgehead atoms. The van der Waals surface area contributed by atoms with E-state index in [1.807, 2.05) is 26.8 Å². The van der Waals surface area contributed by atoms with Crippen LogP contribution in [0.25, 0.3) is 5.57 Å². The number of hydrogen-bond donors (Lipinski definition) is 1. The van der Waals surface area contributed by atoms with Crippen molar-refractivity contribution in [2.45, 2.75) is 34.1 Å². The largest absolute Gasteiger partial charge is 0.391 e. The fourth-order valence-corrected chi connectivity index (χ4v) is 1.73. The maximum absolute atomic E-state index is 13.7. The molecule has 19 heavy (non-hydrogen) atoms. The number of aryl methyl sites for hydroxylation is 1. The molecule has 1 unspecified atom stereocenters. The van der Waals surface area contributed by atoms with Gasteiger partial charge in [-0.1, -0.05) is 45.6 Å². The second kappa shape index (κ2) is 9.37. The number of rotatable bonds is 6. The van der Waals surface area contributed by atoms with Crippen LogP contribution in [0.15, 0.2) is 37.6 Å². The highest BCUT2D eigenvalue weighted by Gasteiger charge is 2.12. The fourth-order valence-electron chi connectivity index (χ4n) is 1.73. The average Bonchev–Trinajstić information content (AvgIpc) is 2.43. The smallest absolute Gasteiger partial charge is 0.130 e. The van der Waals surface area contributed by atoms with Crippen LogP contribution in [-0.2, 0) is 0 Å². The zero-order valence-corrected chi connectivity index (χ0v) is 12.6. The Labute approximate surface area is 117 Å². The van der Waals surface area contributed by atoms with Crippen LogP contribution in [0.2, 0.25) is 0 Å². The summed E-state index contributed by atoms with van der Waals surface area (Å²) in [6.45, 7) is 16.5. The third-order valence-corrected chi connectivity index (χ3v) is 2.93. The summed E-state index contributed by atoms with van der Waals surface area (Å²) < 4.78 is 13.7. The first-order valence-electron chi connectivity index (χ1n) is 6.86. The second-order valence-corrected chi connectivity index (χ2v) is 4.36. The van der Waals surface area contributed by atoms with E-state index in [1.54, 1.807) is 12.3 Å². The van der Waals surface area contributed by atoms with Crippen molar-refractivity contribution in [2.24, 2.45) is 5.92 Å². The minimum absolute atomic E-state index is 0.191. The van der Waals surface area contributed by atoms with Gasteiger partial charge in [0.2, 0.25) is 0 Å². The van der Waals surface area contributed by atoms with Gasteiger partial charge < -0.3 is 5.32 Å². The van der Waals surface area contributed by atoms with Crippen LogP contribution >= 0.6 is 0 Å². The molecule has 0 aliphatic carbocycles. The topological polar surface area (TPSA) is 12.0 Å². The molecule has 0 amide bonds. The van der Waals surface area contributed by atoms with Crippen molar-refractivity contribution in [1.82, 2.24) is 5.32 Å². The van der Waals surface area contributed by atoms with Gasteiger partial charge in [-0.3, -0.25) is 0 Å². The zero-order valence-electron chi connectivity index (χ0n) is 12.6. The normalized spacial score (nSPS) is 11.0. The highest BCUT2D eigenvalue weighted by Crippen LogP contribution is 2.26. The molecule has 0 saturated carbocycles. The average molecular weight is 263 g/mol. The fraction of sp³-hybridized carbons (Fsp3) is 0.412. The van der Waals surface area contributed by atoms with Crippen LogP contribution in [0, 0.1) is 18.7 Å². The van der Waals surface area contributed by atoms with Gasteiger partial charge in [0.25, 0.3) is 0 Å². The van der Waals surface area contributed by atoms with E-state index in [2.05, 4.69) is 25.4 Å². The molecule has 1 aromatic rings. The van der Waals surface area contributed by atoms with Crippen molar-refractivity contribution in [3.05, 3.63) is 54.5 Å². The molecule has 2 heteroatoms. The van der Waals surface area contributed by atoms with Crippen LogP contribution in [0.4, 0.5) is 4.39 Å². The molecule has 0 heterocycles. The summed E-state index contributed by atoms with van der Waals surface area (Å²) in [6.07, 6.45) is 2.58. The minimum atomic E-state index is -0.191. The summed E-state index contributed by atoms with van der Waals surface area (Å²) in [4.78, 5) is 0. The molecule has 1 N–H and O–H groups in total. The highest BCUT2D eigenvalue weighted by atomic mass is 19.1. The van der Waals surface area contributed by atoms with Crippen LogP contribution in [0.3, 0.4) is 0 Å². The predicted molar refractivity (Wildman–Crippen MR) is 83.5 cm³/mol. The number of allylic oxidation sites excluding steroid dienone is 1. The molecule has 0 spiro atoms. The quantitative estimate of drug-likeness (QED) is 0.717. The van der Waals surface area contributed by atoms with E-state index in [4.69, 9.17) is 0 Å². The molecule has 0 saturated heterocycles. The van der Waals surface area contributed by atoms with Crippen molar-refractivity contribution in [3.8, 4) is 0 Å². The SMILES string of the molecule is C=CNCCC(C)C(=C)c1cc(C)ccc1F.CC. The Morgan fingerprint density at radius 1 is 1.42 bits per heavy atom. The Kier molecular flexibility index (Phi) is 8.60. The Hall–Kier alpha value is -1.57. The lowest BCUT2D eigenvalue weighted by atomic mass is 9.91. The van der Waals surface area contributed by atoms with Gasteiger partial charge in [0.1, 0.15) is 5.82 Å². The Morgan fingerprint density at radius 2 is 2.05 bits per heavy atom. The number of benzene rings is 1. The van der Waals surface area contributed by atoms with E-state index in [9.17, 15) is 4.39 Å². The lowest BCUT2D eigenvalue weighted by molar-refractivity contribution is 0.607. The van der Waals surface area contributed by atoms with E-state index in [0.29, 0.717) is 5.56 Å². The lowest BCUT2D eigenvalue weighted by Crippen LogP contribution is -2.11. The zero-order chi connectivity index (χ0) is 14.8. The summed E-state index contributed by atoms with van der Waals surface area (Å²) in [7, 11) is 0. The third kappa shape index (κ3) is 5.73. The van der Waals surface area contributed by atoms with Crippen molar-refractivity contribution in [1.29, 1.82) is 0 Å². The number of nitrogens with one attached hydrogen (secondary N) is 1. The molecular weight excluding hydrogens is 237 g/mol. The second-order valence-electron chi connectivity index (χ2n) is 4.36. The van der Waals surface area contributed by atoms with E-state index in [1.165, 1.54) is 6.07 Å². The molecule has 0 fully saturated rings. The first kappa shape index (κ1) is 17.4. The Balaban J connectivity index is 0.00000154. The summed E-state index contributed by atoms with van der Waals surface area (Å²) in [5.74, 6) is 0.0582. The predicted octanol–water partition coefficient (Wildman–Crippen LogP) is 4.93. The standard InChI is InChI=1S/C15H20FN.C2H6/c1-5-17-9-8-12(3)13(4)14-10-11(2)6-7-15(14)16;1-2/h5-7,10,12,17H,1,4,8-9H2,2-3H3;1-2H3. The monoisotopic (exact) mass is 263 g/mol. The van der Waals surface area contributed by atoms with Crippen LogP contribution in [0.5, 0.6) is 0 Å². The first-order valence-corrected chi connectivity index (χ1v) is 6.86. The van der Waals surface area contributed by atoms with Gasteiger partial charge >= 0.3 is 0 Å². The first-order chi connectivity index (χ1) is 9.06. The number of hydrogen-bond acceptors (Lipinski definition) is 1. The third-order valence-electron chi connectivity index (χ3n) is 2.93. The molecule has 1 aromatic carbocycles. The summed E-state index contributed by atoms with van der Waals surface area (Å²) in [6, 6.07) is 5.13. The van der Waals surface area contributed by atoms with E-state index in [-0.39, 0.29) is 11.7 Å².